The molecule has 0 aliphatic carbocycles. The first-order valence-electron chi connectivity index (χ1n) is 8.98. The molecule has 0 atom stereocenters. The molecular weight excluding hydrogens is 264 g/mol. The fourth-order valence-electron chi connectivity index (χ4n) is 0.986. The lowest BCUT2D eigenvalue weighted by molar-refractivity contribution is 0.544. The minimum absolute atomic E-state index is 0. The SMILES string of the molecule is C.C=C(C)CC(C)C.C=CC.CC.CCC.CCC(C)CC. The predicted molar refractivity (Wildman–Crippen MR) is 114 cm³/mol. The van der Waals surface area contributed by atoms with Gasteiger partial charge in [0.15, 0.2) is 0 Å². The normalized spacial score (nSPS) is 7.50. The fraction of sp³-hybridized carbons (Fsp3) is 0.818. The second-order valence-electron chi connectivity index (χ2n) is 5.59. The van der Waals surface area contributed by atoms with Crippen molar-refractivity contribution in [2.24, 2.45) is 11.8 Å². The van der Waals surface area contributed by atoms with Crippen LogP contribution >= 0.6 is 0 Å². The van der Waals surface area contributed by atoms with Gasteiger partial charge >= 0.3 is 0 Å². The quantitative estimate of drug-likeness (QED) is 0.453. The van der Waals surface area contributed by atoms with Gasteiger partial charge < -0.3 is 0 Å². The van der Waals surface area contributed by atoms with Gasteiger partial charge in [0.2, 0.25) is 0 Å². The Morgan fingerprint density at radius 3 is 1.18 bits per heavy atom. The molecule has 0 nitrogen and oxygen atoms in total. The van der Waals surface area contributed by atoms with Crippen molar-refractivity contribution in [3.63, 3.8) is 0 Å². The molecule has 0 spiro atoms. The summed E-state index contributed by atoms with van der Waals surface area (Å²) in [4.78, 5) is 0. The Morgan fingerprint density at radius 2 is 1.18 bits per heavy atom. The van der Waals surface area contributed by atoms with Gasteiger partial charge in [-0.1, -0.05) is 101 Å². The van der Waals surface area contributed by atoms with Crippen molar-refractivity contribution in [2.45, 2.75) is 109 Å². The summed E-state index contributed by atoms with van der Waals surface area (Å²) in [5.41, 5.74) is 1.29. The molecule has 140 valence electrons. The zero-order chi connectivity index (χ0) is 18.3. The van der Waals surface area contributed by atoms with E-state index in [-0.39, 0.29) is 7.43 Å². The molecule has 0 fully saturated rings. The van der Waals surface area contributed by atoms with Crippen LogP contribution in [0.3, 0.4) is 0 Å². The lowest BCUT2D eigenvalue weighted by Crippen LogP contribution is -1.85. The van der Waals surface area contributed by atoms with Gasteiger partial charge in [-0.2, -0.15) is 0 Å². The number of rotatable bonds is 4. The van der Waals surface area contributed by atoms with Crippen LogP contribution in [0.1, 0.15) is 109 Å². The van der Waals surface area contributed by atoms with Crippen molar-refractivity contribution in [1.82, 2.24) is 0 Å². The molecule has 0 heterocycles. The molecule has 0 aromatic heterocycles. The van der Waals surface area contributed by atoms with Crippen LogP contribution in [0.5, 0.6) is 0 Å². The summed E-state index contributed by atoms with van der Waals surface area (Å²) in [6.45, 7) is 30.5. The maximum atomic E-state index is 3.80. The van der Waals surface area contributed by atoms with Gasteiger partial charge in [0.1, 0.15) is 0 Å². The molecule has 22 heavy (non-hydrogen) atoms. The van der Waals surface area contributed by atoms with E-state index in [1.807, 2.05) is 20.8 Å². The van der Waals surface area contributed by atoms with E-state index in [4.69, 9.17) is 0 Å². The lowest BCUT2D eigenvalue weighted by Gasteiger charge is -1.99. The van der Waals surface area contributed by atoms with E-state index in [1.54, 1.807) is 6.08 Å². The van der Waals surface area contributed by atoms with Gasteiger partial charge in [-0.05, 0) is 32.1 Å². The number of allylic oxidation sites excluding steroid dienone is 2. The highest BCUT2D eigenvalue weighted by Gasteiger charge is 1.90. The van der Waals surface area contributed by atoms with Crippen molar-refractivity contribution in [2.75, 3.05) is 0 Å². The zero-order valence-corrected chi connectivity index (χ0v) is 17.5. The predicted octanol–water partition coefficient (Wildman–Crippen LogP) is 9.32. The van der Waals surface area contributed by atoms with Crippen LogP contribution in [0.15, 0.2) is 24.8 Å². The standard InChI is InChI=1S/C7H14.C6H14.C3H8.C3H6.C2H6.CH4/c1-6(2)5-7(3)4;1-4-6(3)5-2;2*1-3-2;1-2;/h7H,1,5H2,2-4H3;6H,4-5H2,1-3H3;3H2,1-2H3;3H,1H2,2H3;1-2H3;1H4. The fourth-order valence-corrected chi connectivity index (χ4v) is 0.986. The molecule has 0 unspecified atom stereocenters. The average Bonchev–Trinajstić information content (AvgIpc) is 2.41. The molecule has 0 radical (unpaired) electrons. The number of hydrogen-bond donors (Lipinski definition) is 0. The van der Waals surface area contributed by atoms with Crippen LogP contribution in [0.25, 0.3) is 0 Å². The third-order valence-electron chi connectivity index (χ3n) is 2.15. The van der Waals surface area contributed by atoms with Crippen molar-refractivity contribution in [3.8, 4) is 0 Å². The Hall–Kier alpha value is -0.520. The smallest absolute Gasteiger partial charge is 0.0303 e. The Bertz CT molecular complexity index is 149. The van der Waals surface area contributed by atoms with Crippen LogP contribution in [0.2, 0.25) is 0 Å². The van der Waals surface area contributed by atoms with Crippen LogP contribution in [-0.4, -0.2) is 0 Å². The van der Waals surface area contributed by atoms with Crippen molar-refractivity contribution >= 4 is 0 Å². The minimum atomic E-state index is 0. The molecule has 0 bridgehead atoms. The van der Waals surface area contributed by atoms with E-state index < -0.39 is 0 Å². The first-order chi connectivity index (χ1) is 9.76. The molecular formula is C22H52. The van der Waals surface area contributed by atoms with Gasteiger partial charge in [-0.3, -0.25) is 0 Å². The van der Waals surface area contributed by atoms with Gasteiger partial charge in [0.25, 0.3) is 0 Å². The van der Waals surface area contributed by atoms with E-state index in [0.717, 1.165) is 11.8 Å². The van der Waals surface area contributed by atoms with Crippen molar-refractivity contribution in [1.29, 1.82) is 0 Å². The molecule has 0 heteroatoms. The van der Waals surface area contributed by atoms with Crippen LogP contribution in [0.4, 0.5) is 0 Å². The maximum absolute atomic E-state index is 3.80. The largest absolute Gasteiger partial charge is 0.103 e. The molecule has 0 saturated heterocycles. The summed E-state index contributed by atoms with van der Waals surface area (Å²) in [7, 11) is 0. The summed E-state index contributed by atoms with van der Waals surface area (Å²) >= 11 is 0. The summed E-state index contributed by atoms with van der Waals surface area (Å²) in [5.74, 6) is 1.71. The van der Waals surface area contributed by atoms with Gasteiger partial charge in [-0.25, -0.2) is 0 Å². The van der Waals surface area contributed by atoms with E-state index in [2.05, 4.69) is 68.5 Å². The molecule has 0 aliphatic rings. The van der Waals surface area contributed by atoms with Crippen LogP contribution in [0, 0.1) is 11.8 Å². The lowest BCUT2D eigenvalue weighted by atomic mass is 10.1. The average molecular weight is 317 g/mol. The highest BCUT2D eigenvalue weighted by atomic mass is 14.0. The Kier molecular flexibility index (Phi) is 73.1. The minimum Gasteiger partial charge on any atom is -0.103 e. The maximum Gasteiger partial charge on any atom is -0.0303 e. The second-order valence-corrected chi connectivity index (χ2v) is 5.59. The Balaban J connectivity index is -0.0000000389. The van der Waals surface area contributed by atoms with Crippen molar-refractivity contribution < 1.29 is 0 Å². The Labute approximate surface area is 146 Å². The highest BCUT2D eigenvalue weighted by molar-refractivity contribution is 4.88. The zero-order valence-electron chi connectivity index (χ0n) is 17.5. The molecule has 0 aromatic carbocycles. The molecule has 0 rings (SSSR count). The van der Waals surface area contributed by atoms with E-state index >= 15 is 0 Å². The van der Waals surface area contributed by atoms with E-state index in [1.165, 1.54) is 31.3 Å². The molecule has 0 amide bonds. The van der Waals surface area contributed by atoms with Gasteiger partial charge in [0.05, 0.1) is 0 Å². The molecule has 0 N–H and O–H groups in total. The summed E-state index contributed by atoms with van der Waals surface area (Å²) < 4.78 is 0. The van der Waals surface area contributed by atoms with Gasteiger partial charge in [0, 0.05) is 0 Å². The Morgan fingerprint density at radius 1 is 0.955 bits per heavy atom. The first kappa shape index (κ1) is 37.6. The molecule has 0 aromatic rings. The van der Waals surface area contributed by atoms with E-state index in [0.29, 0.717) is 0 Å². The van der Waals surface area contributed by atoms with Crippen molar-refractivity contribution in [3.05, 3.63) is 24.8 Å². The first-order valence-corrected chi connectivity index (χ1v) is 8.98. The summed E-state index contributed by atoms with van der Waals surface area (Å²) in [6.07, 6.45) is 6.83. The van der Waals surface area contributed by atoms with Crippen LogP contribution < -0.4 is 0 Å². The second kappa shape index (κ2) is 42.8. The third-order valence-corrected chi connectivity index (χ3v) is 2.15. The monoisotopic (exact) mass is 316 g/mol. The highest BCUT2D eigenvalue weighted by Crippen LogP contribution is 2.05. The molecule has 0 aliphatic heterocycles. The summed E-state index contributed by atoms with van der Waals surface area (Å²) in [6, 6.07) is 0. The number of hydrogen-bond acceptors (Lipinski definition) is 0. The molecule has 0 saturated carbocycles. The topological polar surface area (TPSA) is 0 Å². The third kappa shape index (κ3) is 119. The van der Waals surface area contributed by atoms with E-state index in [9.17, 15) is 0 Å². The summed E-state index contributed by atoms with van der Waals surface area (Å²) in [5, 5.41) is 0. The van der Waals surface area contributed by atoms with Crippen LogP contribution in [-0.2, 0) is 0 Å². The van der Waals surface area contributed by atoms with Gasteiger partial charge in [-0.15, -0.1) is 13.2 Å².